The van der Waals surface area contributed by atoms with Crippen molar-refractivity contribution in [1.82, 2.24) is 4.90 Å². The Hall–Kier alpha value is -2.40. The number of hydrogen-bond donors (Lipinski definition) is 2. The summed E-state index contributed by atoms with van der Waals surface area (Å²) < 4.78 is 14.1. The Kier molecular flexibility index (Phi) is 5.11. The average molecular weight is 381 g/mol. The molecule has 0 radical (unpaired) electrons. The van der Waals surface area contributed by atoms with E-state index >= 15 is 0 Å². The maximum Gasteiger partial charge on any atom is 0.247 e. The molecular formula is C23H28FN3O. The van der Waals surface area contributed by atoms with Crippen molar-refractivity contribution in [2.45, 2.75) is 50.6 Å². The minimum Gasteiger partial charge on any atom is -0.373 e. The lowest BCUT2D eigenvalue weighted by atomic mass is 9.97. The number of rotatable bonds is 4. The molecule has 0 bridgehead atoms. The molecule has 1 saturated carbocycles. The minimum absolute atomic E-state index is 0.121. The summed E-state index contributed by atoms with van der Waals surface area (Å²) in [5.74, 6) is 0.168. The van der Waals surface area contributed by atoms with E-state index in [0.717, 1.165) is 23.4 Å². The van der Waals surface area contributed by atoms with Crippen LogP contribution in [0.15, 0.2) is 36.4 Å². The molecule has 0 aromatic heterocycles. The molecule has 1 unspecified atom stereocenters. The molecule has 1 heterocycles. The molecule has 0 saturated heterocycles. The number of hydrogen-bond acceptors (Lipinski definition) is 3. The molecule has 2 N–H and O–H groups in total. The van der Waals surface area contributed by atoms with E-state index in [1.54, 1.807) is 6.07 Å². The fourth-order valence-electron chi connectivity index (χ4n) is 4.56. The summed E-state index contributed by atoms with van der Waals surface area (Å²) in [4.78, 5) is 15.1. The topological polar surface area (TPSA) is 44.4 Å². The van der Waals surface area contributed by atoms with Gasteiger partial charge in [-0.2, -0.15) is 0 Å². The molecule has 1 aliphatic heterocycles. The van der Waals surface area contributed by atoms with E-state index < -0.39 is 6.04 Å². The van der Waals surface area contributed by atoms with Crippen LogP contribution in [0.2, 0.25) is 0 Å². The third-order valence-corrected chi connectivity index (χ3v) is 6.27. The average Bonchev–Trinajstić information content (AvgIpc) is 3.33. The van der Waals surface area contributed by atoms with Crippen molar-refractivity contribution in [2.75, 3.05) is 24.7 Å². The molecule has 148 valence electrons. The van der Waals surface area contributed by atoms with Gasteiger partial charge in [0.2, 0.25) is 5.91 Å². The smallest absolute Gasteiger partial charge is 0.247 e. The van der Waals surface area contributed by atoms with E-state index in [1.165, 1.54) is 24.5 Å². The number of anilines is 2. The first kappa shape index (κ1) is 18.9. The molecule has 2 aromatic rings. The van der Waals surface area contributed by atoms with Gasteiger partial charge in [-0.3, -0.25) is 4.79 Å². The molecule has 0 spiro atoms. The van der Waals surface area contributed by atoms with Gasteiger partial charge in [0.1, 0.15) is 11.9 Å². The van der Waals surface area contributed by atoms with Gasteiger partial charge < -0.3 is 15.5 Å². The van der Waals surface area contributed by atoms with Crippen molar-refractivity contribution in [3.63, 3.8) is 0 Å². The molecule has 28 heavy (non-hydrogen) atoms. The van der Waals surface area contributed by atoms with E-state index in [0.29, 0.717) is 23.9 Å². The zero-order valence-electron chi connectivity index (χ0n) is 16.8. The summed E-state index contributed by atoms with van der Waals surface area (Å²) in [6.07, 6.45) is 3.92. The number of carbonyl (C=O) groups excluding carboxylic acids is 1. The first-order valence-electron chi connectivity index (χ1n) is 10.0. The lowest BCUT2D eigenvalue weighted by Crippen LogP contribution is -2.32. The largest absolute Gasteiger partial charge is 0.373 e. The second-order valence-electron chi connectivity index (χ2n) is 8.36. The third kappa shape index (κ3) is 3.63. The predicted octanol–water partition coefficient (Wildman–Crippen LogP) is 4.31. The van der Waals surface area contributed by atoms with Gasteiger partial charge in [-0.1, -0.05) is 18.2 Å². The quantitative estimate of drug-likeness (QED) is 0.830. The zero-order chi connectivity index (χ0) is 19.8. The summed E-state index contributed by atoms with van der Waals surface area (Å²) in [5.41, 5.74) is 4.42. The normalized spacial score (nSPS) is 23.5. The van der Waals surface area contributed by atoms with Crippen molar-refractivity contribution < 1.29 is 9.18 Å². The van der Waals surface area contributed by atoms with E-state index in [-0.39, 0.29) is 11.7 Å². The molecule has 4 nitrogen and oxygen atoms in total. The van der Waals surface area contributed by atoms with Crippen LogP contribution in [0.25, 0.3) is 0 Å². The van der Waals surface area contributed by atoms with Crippen molar-refractivity contribution in [1.29, 1.82) is 0 Å². The summed E-state index contributed by atoms with van der Waals surface area (Å²) >= 11 is 0. The minimum atomic E-state index is -0.446. The maximum atomic E-state index is 14.1. The van der Waals surface area contributed by atoms with Crippen LogP contribution in [0, 0.1) is 12.7 Å². The monoisotopic (exact) mass is 381 g/mol. The van der Waals surface area contributed by atoms with Gasteiger partial charge in [-0.15, -0.1) is 0 Å². The third-order valence-electron chi connectivity index (χ3n) is 6.27. The number of benzene rings is 2. The second-order valence-corrected chi connectivity index (χ2v) is 8.36. The molecular weight excluding hydrogens is 353 g/mol. The first-order chi connectivity index (χ1) is 13.4. The van der Waals surface area contributed by atoms with Gasteiger partial charge in [-0.25, -0.2) is 4.39 Å². The summed E-state index contributed by atoms with van der Waals surface area (Å²) in [6.45, 7) is 1.93. The van der Waals surface area contributed by atoms with Gasteiger partial charge in [-0.05, 0) is 75.5 Å². The van der Waals surface area contributed by atoms with Gasteiger partial charge in [0.25, 0.3) is 0 Å². The predicted molar refractivity (Wildman–Crippen MR) is 111 cm³/mol. The summed E-state index contributed by atoms with van der Waals surface area (Å²) in [7, 11) is 4.28. The number of nitrogens with one attached hydrogen (secondary N) is 2. The SMILES string of the molecule is Cc1ccc(F)c2c1NC(C(=O)Nc1cccc([C@@H]3CC[C@H](N(C)C)C3)c1)C2. The molecule has 5 heteroatoms. The highest BCUT2D eigenvalue weighted by molar-refractivity contribution is 5.98. The maximum absolute atomic E-state index is 14.1. The van der Waals surface area contributed by atoms with Crippen LogP contribution in [0.4, 0.5) is 15.8 Å². The van der Waals surface area contributed by atoms with Crippen molar-refractivity contribution in [3.05, 3.63) is 58.9 Å². The Morgan fingerprint density at radius 3 is 2.75 bits per heavy atom. The van der Waals surface area contributed by atoms with Gasteiger partial charge in [0, 0.05) is 29.4 Å². The molecule has 2 aromatic carbocycles. The zero-order valence-corrected chi connectivity index (χ0v) is 16.8. The van der Waals surface area contributed by atoms with Crippen molar-refractivity contribution in [3.8, 4) is 0 Å². The van der Waals surface area contributed by atoms with Gasteiger partial charge >= 0.3 is 0 Å². The first-order valence-corrected chi connectivity index (χ1v) is 10.0. The Morgan fingerprint density at radius 2 is 2.04 bits per heavy atom. The van der Waals surface area contributed by atoms with Crippen LogP contribution in [0.5, 0.6) is 0 Å². The Labute approximate surface area is 166 Å². The fourth-order valence-corrected chi connectivity index (χ4v) is 4.56. The molecule has 1 fully saturated rings. The molecule has 4 rings (SSSR count). The number of fused-ring (bicyclic) bond motifs is 1. The Morgan fingerprint density at radius 1 is 1.21 bits per heavy atom. The highest BCUT2D eigenvalue weighted by Crippen LogP contribution is 2.37. The number of carbonyl (C=O) groups is 1. The van der Waals surface area contributed by atoms with Crippen LogP contribution < -0.4 is 10.6 Å². The standard InChI is InChI=1S/C23H28FN3O/c1-14-7-10-20(24)19-13-21(26-22(14)19)23(28)25-17-6-4-5-15(11-17)16-8-9-18(12-16)27(2)3/h4-7,10-11,16,18,21,26H,8-9,12-13H2,1-3H3,(H,25,28)/t16-,18+,21?/m1/s1. The van der Waals surface area contributed by atoms with Crippen LogP contribution in [-0.2, 0) is 11.2 Å². The van der Waals surface area contributed by atoms with Gasteiger partial charge in [0.15, 0.2) is 0 Å². The van der Waals surface area contributed by atoms with Crippen molar-refractivity contribution in [2.24, 2.45) is 0 Å². The van der Waals surface area contributed by atoms with Crippen LogP contribution in [0.1, 0.15) is 41.9 Å². The van der Waals surface area contributed by atoms with Gasteiger partial charge in [0.05, 0.1) is 0 Å². The molecule has 1 aliphatic carbocycles. The number of amides is 1. The van der Waals surface area contributed by atoms with E-state index in [2.05, 4.69) is 41.8 Å². The van der Waals surface area contributed by atoms with Crippen LogP contribution in [-0.4, -0.2) is 37.0 Å². The highest BCUT2D eigenvalue weighted by Gasteiger charge is 2.30. The van der Waals surface area contributed by atoms with E-state index in [9.17, 15) is 9.18 Å². The van der Waals surface area contributed by atoms with E-state index in [4.69, 9.17) is 0 Å². The summed E-state index contributed by atoms with van der Waals surface area (Å²) in [6, 6.07) is 11.6. The Bertz CT molecular complexity index is 864. The molecule has 3 atom stereocenters. The lowest BCUT2D eigenvalue weighted by Gasteiger charge is -2.19. The fraction of sp³-hybridized carbons (Fsp3) is 0.435. The lowest BCUT2D eigenvalue weighted by molar-refractivity contribution is -0.116. The number of nitrogens with zero attached hydrogens (tertiary/aromatic N) is 1. The number of halogens is 1. The van der Waals surface area contributed by atoms with Crippen LogP contribution in [0.3, 0.4) is 0 Å². The second kappa shape index (κ2) is 7.55. The molecule has 2 aliphatic rings. The van der Waals surface area contributed by atoms with E-state index in [1.807, 2.05) is 19.1 Å². The summed E-state index contributed by atoms with van der Waals surface area (Å²) in [5, 5.41) is 6.22. The number of aryl methyl sites for hydroxylation is 1. The van der Waals surface area contributed by atoms with Crippen molar-refractivity contribution >= 4 is 17.3 Å². The molecule has 1 amide bonds. The van der Waals surface area contributed by atoms with Crippen LogP contribution >= 0.6 is 0 Å². The highest BCUT2D eigenvalue weighted by atomic mass is 19.1. The Balaban J connectivity index is 1.43.